The first-order valence-corrected chi connectivity index (χ1v) is 4.83. The van der Waals surface area contributed by atoms with Gasteiger partial charge < -0.3 is 10.1 Å². The molecule has 1 N–H and O–H groups in total. The van der Waals surface area contributed by atoms with Gasteiger partial charge in [0.05, 0.1) is 12.1 Å². The summed E-state index contributed by atoms with van der Waals surface area (Å²) in [6.07, 6.45) is -0.473. The number of rotatable bonds is 3. The minimum absolute atomic E-state index is 0.220. The molecule has 1 aliphatic heterocycles. The Morgan fingerprint density at radius 3 is 2.81 bits per heavy atom. The van der Waals surface area contributed by atoms with Crippen LogP contribution in [0, 0.1) is 0 Å². The Kier molecular flexibility index (Phi) is 2.93. The van der Waals surface area contributed by atoms with Crippen LogP contribution in [0.25, 0.3) is 10.4 Å². The lowest BCUT2D eigenvalue weighted by atomic mass is 10.0. The van der Waals surface area contributed by atoms with Gasteiger partial charge in [0.25, 0.3) is 0 Å². The molecular weight excluding hydrogens is 208 g/mol. The normalized spacial score (nSPS) is 20.5. The number of hydrogen-bond donors (Lipinski definition) is 1. The second kappa shape index (κ2) is 4.55. The summed E-state index contributed by atoms with van der Waals surface area (Å²) in [4.78, 5) is 13.7. The van der Waals surface area contributed by atoms with E-state index >= 15 is 0 Å². The Labute approximate surface area is 91.8 Å². The number of cyclic esters (lactones) is 1. The van der Waals surface area contributed by atoms with Crippen LogP contribution in [0.5, 0.6) is 0 Å². The summed E-state index contributed by atoms with van der Waals surface area (Å²) < 4.78 is 4.78. The molecule has 16 heavy (non-hydrogen) atoms. The number of nitrogens with one attached hydrogen (secondary N) is 1. The van der Waals surface area contributed by atoms with Crippen LogP contribution in [0.3, 0.4) is 0 Å². The fourth-order valence-corrected chi connectivity index (χ4v) is 1.66. The fraction of sp³-hybridized carbons (Fsp3) is 0.300. The molecule has 1 heterocycles. The van der Waals surface area contributed by atoms with Crippen molar-refractivity contribution in [1.29, 1.82) is 0 Å². The van der Waals surface area contributed by atoms with Crippen molar-refractivity contribution >= 4 is 6.09 Å². The zero-order valence-electron chi connectivity index (χ0n) is 8.41. The molecule has 1 aliphatic rings. The predicted molar refractivity (Wildman–Crippen MR) is 56.6 cm³/mol. The van der Waals surface area contributed by atoms with Gasteiger partial charge in [0.2, 0.25) is 0 Å². The highest BCUT2D eigenvalue weighted by atomic mass is 16.6. The third-order valence-corrected chi connectivity index (χ3v) is 2.40. The molecule has 0 aliphatic carbocycles. The molecule has 0 unspecified atom stereocenters. The summed E-state index contributed by atoms with van der Waals surface area (Å²) in [6, 6.07) is 8.55. The number of carbonyl (C=O) groups excluding carboxylic acids is 1. The summed E-state index contributed by atoms with van der Waals surface area (Å²) in [5.74, 6) is 0. The van der Waals surface area contributed by atoms with Gasteiger partial charge in [0.15, 0.2) is 0 Å². The van der Waals surface area contributed by atoms with Crippen LogP contribution in [0.1, 0.15) is 11.6 Å². The number of alkyl carbamates (subject to hydrolysis) is 1. The summed E-state index contributed by atoms with van der Waals surface area (Å²) >= 11 is 0. The van der Waals surface area contributed by atoms with Crippen LogP contribution in [-0.2, 0) is 4.74 Å². The van der Waals surface area contributed by atoms with Crippen molar-refractivity contribution in [2.45, 2.75) is 12.1 Å². The minimum atomic E-state index is -0.473. The van der Waals surface area contributed by atoms with Crippen LogP contribution < -0.4 is 5.32 Å². The van der Waals surface area contributed by atoms with E-state index in [4.69, 9.17) is 10.3 Å². The summed E-state index contributed by atoms with van der Waals surface area (Å²) in [5.41, 5.74) is 9.39. The standard InChI is InChI=1S/C10H10N4O2/c11-14-13-9(7-4-2-1-3-5-7)8-6-16-10(15)12-8/h1-5,8-9H,6H2,(H,12,15)/t8-,9-/m0/s1. The zero-order chi connectivity index (χ0) is 11.4. The van der Waals surface area contributed by atoms with Crippen molar-refractivity contribution in [2.75, 3.05) is 6.61 Å². The molecule has 0 saturated carbocycles. The summed E-state index contributed by atoms with van der Waals surface area (Å²) in [6.45, 7) is 0.220. The van der Waals surface area contributed by atoms with E-state index in [1.165, 1.54) is 0 Å². The van der Waals surface area contributed by atoms with Crippen molar-refractivity contribution in [3.05, 3.63) is 46.3 Å². The van der Waals surface area contributed by atoms with Crippen molar-refractivity contribution in [1.82, 2.24) is 5.32 Å². The van der Waals surface area contributed by atoms with Crippen LogP contribution in [-0.4, -0.2) is 18.7 Å². The van der Waals surface area contributed by atoms with Gasteiger partial charge in [-0.1, -0.05) is 35.4 Å². The smallest absolute Gasteiger partial charge is 0.407 e. The second-order valence-electron chi connectivity index (χ2n) is 3.41. The highest BCUT2D eigenvalue weighted by molar-refractivity contribution is 5.69. The third kappa shape index (κ3) is 2.07. The Hall–Kier alpha value is -2.20. The van der Waals surface area contributed by atoms with E-state index in [0.717, 1.165) is 5.56 Å². The van der Waals surface area contributed by atoms with Crippen LogP contribution >= 0.6 is 0 Å². The van der Waals surface area contributed by atoms with Crippen LogP contribution in [0.2, 0.25) is 0 Å². The van der Waals surface area contributed by atoms with Gasteiger partial charge in [-0.15, -0.1) is 0 Å². The SMILES string of the molecule is [N-]=[N+]=N[C@@H](c1ccccc1)[C@@H]1COC(=O)N1. The molecule has 0 aromatic heterocycles. The molecule has 1 aromatic rings. The van der Waals surface area contributed by atoms with E-state index in [1.807, 2.05) is 30.3 Å². The van der Waals surface area contributed by atoms with Gasteiger partial charge in [-0.05, 0) is 11.1 Å². The average Bonchev–Trinajstić information content (AvgIpc) is 2.74. The summed E-state index contributed by atoms with van der Waals surface area (Å²) in [7, 11) is 0. The predicted octanol–water partition coefficient (Wildman–Crippen LogP) is 2.15. The lowest BCUT2D eigenvalue weighted by Crippen LogP contribution is -2.31. The first kappa shape index (κ1) is 10.3. The van der Waals surface area contributed by atoms with Gasteiger partial charge in [-0.25, -0.2) is 4.79 Å². The van der Waals surface area contributed by atoms with Crippen molar-refractivity contribution in [3.8, 4) is 0 Å². The van der Waals surface area contributed by atoms with Gasteiger partial charge in [0.1, 0.15) is 6.61 Å². The molecule has 82 valence electrons. The number of amides is 1. The molecule has 1 amide bonds. The van der Waals surface area contributed by atoms with Gasteiger partial charge in [-0.2, -0.15) is 0 Å². The Morgan fingerprint density at radius 2 is 2.25 bits per heavy atom. The van der Waals surface area contributed by atoms with Gasteiger partial charge in [0, 0.05) is 4.91 Å². The molecule has 6 nitrogen and oxygen atoms in total. The molecule has 0 bridgehead atoms. The molecule has 1 aromatic carbocycles. The van der Waals surface area contributed by atoms with E-state index in [1.54, 1.807) is 0 Å². The van der Waals surface area contributed by atoms with E-state index in [2.05, 4.69) is 15.3 Å². The number of azide groups is 1. The molecule has 6 heteroatoms. The zero-order valence-corrected chi connectivity index (χ0v) is 8.41. The molecule has 0 radical (unpaired) electrons. The Morgan fingerprint density at radius 1 is 1.50 bits per heavy atom. The lowest BCUT2D eigenvalue weighted by Gasteiger charge is -2.16. The van der Waals surface area contributed by atoms with Crippen molar-refractivity contribution in [2.24, 2.45) is 5.11 Å². The topological polar surface area (TPSA) is 87.1 Å². The molecule has 1 fully saturated rings. The number of benzene rings is 1. The molecule has 2 rings (SSSR count). The first-order chi connectivity index (χ1) is 7.81. The van der Waals surface area contributed by atoms with E-state index in [-0.39, 0.29) is 12.6 Å². The minimum Gasteiger partial charge on any atom is -0.447 e. The number of carbonyl (C=O) groups is 1. The van der Waals surface area contributed by atoms with Crippen LogP contribution in [0.15, 0.2) is 35.4 Å². The largest absolute Gasteiger partial charge is 0.447 e. The van der Waals surface area contributed by atoms with E-state index in [0.29, 0.717) is 0 Å². The average molecular weight is 218 g/mol. The molecule has 2 atom stereocenters. The maximum absolute atomic E-state index is 10.9. The van der Waals surface area contributed by atoms with Gasteiger partial charge in [-0.3, -0.25) is 0 Å². The molecule has 1 saturated heterocycles. The van der Waals surface area contributed by atoms with E-state index in [9.17, 15) is 4.79 Å². The number of ether oxygens (including phenoxy) is 1. The monoisotopic (exact) mass is 218 g/mol. The second-order valence-corrected chi connectivity index (χ2v) is 3.41. The number of nitrogens with zero attached hydrogens (tertiary/aromatic N) is 3. The quantitative estimate of drug-likeness (QED) is 0.478. The summed E-state index contributed by atoms with van der Waals surface area (Å²) in [5, 5.41) is 6.31. The third-order valence-electron chi connectivity index (χ3n) is 2.40. The Balaban J connectivity index is 2.24. The van der Waals surface area contributed by atoms with Crippen LogP contribution in [0.4, 0.5) is 4.79 Å². The fourth-order valence-electron chi connectivity index (χ4n) is 1.66. The first-order valence-electron chi connectivity index (χ1n) is 4.83. The highest BCUT2D eigenvalue weighted by Gasteiger charge is 2.30. The Bertz CT molecular complexity index is 428. The van der Waals surface area contributed by atoms with Gasteiger partial charge >= 0.3 is 6.09 Å². The lowest BCUT2D eigenvalue weighted by molar-refractivity contribution is 0.176. The van der Waals surface area contributed by atoms with Crippen molar-refractivity contribution < 1.29 is 9.53 Å². The maximum Gasteiger partial charge on any atom is 0.407 e. The van der Waals surface area contributed by atoms with E-state index < -0.39 is 12.1 Å². The highest BCUT2D eigenvalue weighted by Crippen LogP contribution is 2.23. The molecular formula is C10H10N4O2. The number of hydrogen-bond acceptors (Lipinski definition) is 3. The van der Waals surface area contributed by atoms with Crippen molar-refractivity contribution in [3.63, 3.8) is 0 Å². The molecule has 0 spiro atoms. The maximum atomic E-state index is 10.9.